The molecule has 0 saturated heterocycles. The fourth-order valence-corrected chi connectivity index (χ4v) is 2.52. The summed E-state index contributed by atoms with van der Waals surface area (Å²) in [5.41, 5.74) is 7.72. The standard InChI is InChI=1S/C19H22F2N2O2/c1-12(17(22)14-7-4-3-5-8-14)18(24)23-13(2)15-9-6-10-16(11-15)25-19(20)21/h3-13,17,19H,22H2,1-2H3,(H,23,24). The molecule has 0 aliphatic heterocycles. The van der Waals surface area contributed by atoms with E-state index in [1.165, 1.54) is 12.1 Å². The van der Waals surface area contributed by atoms with Gasteiger partial charge in [-0.3, -0.25) is 4.79 Å². The largest absolute Gasteiger partial charge is 0.435 e. The number of ether oxygens (including phenoxy) is 1. The number of hydrogen-bond donors (Lipinski definition) is 2. The summed E-state index contributed by atoms with van der Waals surface area (Å²) in [7, 11) is 0. The van der Waals surface area contributed by atoms with Gasteiger partial charge in [0.2, 0.25) is 5.91 Å². The fourth-order valence-electron chi connectivity index (χ4n) is 2.52. The van der Waals surface area contributed by atoms with Gasteiger partial charge in [-0.05, 0) is 30.2 Å². The summed E-state index contributed by atoms with van der Waals surface area (Å²) in [6, 6.07) is 14.9. The first kappa shape index (κ1) is 18.9. The summed E-state index contributed by atoms with van der Waals surface area (Å²) in [6.07, 6.45) is 0. The predicted octanol–water partition coefficient (Wildman–Crippen LogP) is 3.80. The van der Waals surface area contributed by atoms with Gasteiger partial charge in [-0.15, -0.1) is 0 Å². The monoisotopic (exact) mass is 348 g/mol. The minimum absolute atomic E-state index is 0.0580. The van der Waals surface area contributed by atoms with Crippen LogP contribution in [0.2, 0.25) is 0 Å². The summed E-state index contributed by atoms with van der Waals surface area (Å²) < 4.78 is 29.0. The molecule has 2 rings (SSSR count). The van der Waals surface area contributed by atoms with Crippen molar-refractivity contribution in [3.63, 3.8) is 0 Å². The number of carbonyl (C=O) groups is 1. The van der Waals surface area contributed by atoms with Crippen molar-refractivity contribution < 1.29 is 18.3 Å². The second-order valence-electron chi connectivity index (χ2n) is 5.91. The summed E-state index contributed by atoms with van der Waals surface area (Å²) in [4.78, 5) is 12.5. The number of rotatable bonds is 7. The van der Waals surface area contributed by atoms with Crippen molar-refractivity contribution >= 4 is 5.91 Å². The average molecular weight is 348 g/mol. The molecule has 0 aliphatic carbocycles. The number of carbonyl (C=O) groups excluding carboxylic acids is 1. The second kappa shape index (κ2) is 8.58. The van der Waals surface area contributed by atoms with E-state index in [1.54, 1.807) is 26.0 Å². The third-order valence-corrected chi connectivity index (χ3v) is 4.08. The molecule has 3 unspecified atom stereocenters. The molecule has 0 aliphatic rings. The molecule has 0 spiro atoms. The Morgan fingerprint density at radius 2 is 1.68 bits per heavy atom. The van der Waals surface area contributed by atoms with Crippen LogP contribution in [-0.2, 0) is 4.79 Å². The van der Waals surface area contributed by atoms with Crippen LogP contribution in [0.3, 0.4) is 0 Å². The minimum Gasteiger partial charge on any atom is -0.435 e. The highest BCUT2D eigenvalue weighted by atomic mass is 19.3. The van der Waals surface area contributed by atoms with Gasteiger partial charge in [-0.2, -0.15) is 8.78 Å². The Hall–Kier alpha value is -2.47. The molecule has 0 bridgehead atoms. The zero-order valence-electron chi connectivity index (χ0n) is 14.2. The van der Waals surface area contributed by atoms with Gasteiger partial charge in [-0.1, -0.05) is 49.4 Å². The number of halogens is 2. The van der Waals surface area contributed by atoms with E-state index in [4.69, 9.17) is 5.73 Å². The highest BCUT2D eigenvalue weighted by molar-refractivity contribution is 5.79. The van der Waals surface area contributed by atoms with Crippen LogP contribution in [0, 0.1) is 5.92 Å². The van der Waals surface area contributed by atoms with Crippen LogP contribution in [0.1, 0.15) is 37.1 Å². The van der Waals surface area contributed by atoms with Crippen LogP contribution in [0.15, 0.2) is 54.6 Å². The Morgan fingerprint density at radius 3 is 2.32 bits per heavy atom. The third kappa shape index (κ3) is 5.26. The Balaban J connectivity index is 2.02. The SMILES string of the molecule is CC(NC(=O)C(C)C(N)c1ccccc1)c1cccc(OC(F)F)c1. The molecule has 3 atom stereocenters. The van der Waals surface area contributed by atoms with E-state index in [9.17, 15) is 13.6 Å². The maximum Gasteiger partial charge on any atom is 0.387 e. The van der Waals surface area contributed by atoms with Crippen molar-refractivity contribution in [2.24, 2.45) is 11.7 Å². The van der Waals surface area contributed by atoms with E-state index >= 15 is 0 Å². The van der Waals surface area contributed by atoms with Crippen LogP contribution < -0.4 is 15.8 Å². The summed E-state index contributed by atoms with van der Waals surface area (Å²) in [6.45, 7) is 0.653. The first-order chi connectivity index (χ1) is 11.9. The maximum absolute atomic E-state index is 12.5. The topological polar surface area (TPSA) is 64.4 Å². The maximum atomic E-state index is 12.5. The lowest BCUT2D eigenvalue weighted by atomic mass is 9.94. The second-order valence-corrected chi connectivity index (χ2v) is 5.91. The van der Waals surface area contributed by atoms with Gasteiger partial charge in [0.15, 0.2) is 0 Å². The van der Waals surface area contributed by atoms with Crippen molar-refractivity contribution in [1.82, 2.24) is 5.32 Å². The molecule has 25 heavy (non-hydrogen) atoms. The van der Waals surface area contributed by atoms with Crippen molar-refractivity contribution in [2.75, 3.05) is 0 Å². The van der Waals surface area contributed by atoms with Gasteiger partial charge in [0.25, 0.3) is 0 Å². The molecule has 6 heteroatoms. The minimum atomic E-state index is -2.89. The molecule has 1 amide bonds. The Kier molecular flexibility index (Phi) is 6.47. The zero-order valence-corrected chi connectivity index (χ0v) is 14.2. The summed E-state index contributed by atoms with van der Waals surface area (Å²) in [5.74, 6) is -0.586. The van der Waals surface area contributed by atoms with Gasteiger partial charge >= 0.3 is 6.61 Å². The van der Waals surface area contributed by atoms with Gasteiger partial charge < -0.3 is 15.8 Å². The van der Waals surface area contributed by atoms with E-state index in [0.717, 1.165) is 5.56 Å². The molecule has 4 nitrogen and oxygen atoms in total. The fraction of sp³-hybridized carbons (Fsp3) is 0.316. The number of nitrogens with one attached hydrogen (secondary N) is 1. The van der Waals surface area contributed by atoms with E-state index in [-0.39, 0.29) is 17.7 Å². The van der Waals surface area contributed by atoms with Crippen LogP contribution in [-0.4, -0.2) is 12.5 Å². The molecule has 0 saturated carbocycles. The summed E-state index contributed by atoms with van der Waals surface area (Å²) >= 11 is 0. The van der Waals surface area contributed by atoms with Crippen molar-refractivity contribution in [3.8, 4) is 5.75 Å². The van der Waals surface area contributed by atoms with Gasteiger partial charge in [0.05, 0.1) is 12.0 Å². The quantitative estimate of drug-likeness (QED) is 0.800. The van der Waals surface area contributed by atoms with Crippen molar-refractivity contribution in [1.29, 1.82) is 0 Å². The molecule has 134 valence electrons. The molecule has 0 heterocycles. The lowest BCUT2D eigenvalue weighted by Gasteiger charge is -2.23. The van der Waals surface area contributed by atoms with E-state index in [2.05, 4.69) is 10.1 Å². The van der Waals surface area contributed by atoms with Crippen molar-refractivity contribution in [3.05, 3.63) is 65.7 Å². The Bertz CT molecular complexity index is 695. The predicted molar refractivity (Wildman–Crippen MR) is 92.2 cm³/mol. The van der Waals surface area contributed by atoms with E-state index in [0.29, 0.717) is 5.56 Å². The Morgan fingerprint density at radius 1 is 1.04 bits per heavy atom. The molecule has 3 N–H and O–H groups in total. The molecular weight excluding hydrogens is 326 g/mol. The lowest BCUT2D eigenvalue weighted by Crippen LogP contribution is -2.36. The number of nitrogens with two attached hydrogens (primary N) is 1. The van der Waals surface area contributed by atoms with Crippen LogP contribution >= 0.6 is 0 Å². The molecule has 0 aromatic heterocycles. The van der Waals surface area contributed by atoms with E-state index < -0.39 is 18.6 Å². The Labute approximate surface area is 146 Å². The highest BCUT2D eigenvalue weighted by Gasteiger charge is 2.23. The smallest absolute Gasteiger partial charge is 0.387 e. The van der Waals surface area contributed by atoms with Gasteiger partial charge in [0.1, 0.15) is 5.75 Å². The van der Waals surface area contributed by atoms with Crippen LogP contribution in [0.25, 0.3) is 0 Å². The third-order valence-electron chi connectivity index (χ3n) is 4.08. The number of hydrogen-bond acceptors (Lipinski definition) is 3. The molecule has 0 fully saturated rings. The summed E-state index contributed by atoms with van der Waals surface area (Å²) in [5, 5.41) is 2.87. The lowest BCUT2D eigenvalue weighted by molar-refractivity contribution is -0.125. The molecular formula is C19H22F2N2O2. The zero-order chi connectivity index (χ0) is 18.4. The highest BCUT2D eigenvalue weighted by Crippen LogP contribution is 2.23. The molecule has 2 aromatic rings. The van der Waals surface area contributed by atoms with Crippen LogP contribution in [0.5, 0.6) is 5.75 Å². The number of benzene rings is 2. The van der Waals surface area contributed by atoms with Gasteiger partial charge in [-0.25, -0.2) is 0 Å². The molecule has 0 radical (unpaired) electrons. The first-order valence-electron chi connectivity index (χ1n) is 8.04. The van der Waals surface area contributed by atoms with Crippen LogP contribution in [0.4, 0.5) is 8.78 Å². The van der Waals surface area contributed by atoms with Gasteiger partial charge in [0, 0.05) is 6.04 Å². The van der Waals surface area contributed by atoms with Crippen molar-refractivity contribution in [2.45, 2.75) is 32.5 Å². The number of alkyl halides is 2. The number of amides is 1. The average Bonchev–Trinajstić information content (AvgIpc) is 2.60. The molecule has 2 aromatic carbocycles. The first-order valence-corrected chi connectivity index (χ1v) is 8.04. The van der Waals surface area contributed by atoms with E-state index in [1.807, 2.05) is 30.3 Å². The normalized spacial score (nSPS) is 14.6.